The monoisotopic (exact) mass is 422 g/mol. The molecular weight excluding hydrogens is 399 g/mol. The van der Waals surface area contributed by atoms with E-state index in [9.17, 15) is 9.18 Å². The molecule has 6 heteroatoms. The summed E-state index contributed by atoms with van der Waals surface area (Å²) in [6.45, 7) is 0.620. The molecule has 5 nitrogen and oxygen atoms in total. The van der Waals surface area contributed by atoms with Crippen molar-refractivity contribution in [1.29, 1.82) is 0 Å². The molecule has 31 heavy (non-hydrogen) atoms. The van der Waals surface area contributed by atoms with Gasteiger partial charge in [0.2, 0.25) is 0 Å². The molecule has 3 aromatic carbocycles. The van der Waals surface area contributed by atoms with Gasteiger partial charge < -0.3 is 19.3 Å². The first-order chi connectivity index (χ1) is 15.0. The molecule has 0 atom stereocenters. The van der Waals surface area contributed by atoms with Crippen molar-refractivity contribution in [2.75, 3.05) is 13.7 Å². The van der Waals surface area contributed by atoms with Crippen LogP contribution in [-0.4, -0.2) is 24.8 Å². The van der Waals surface area contributed by atoms with Crippen LogP contribution in [0.3, 0.4) is 0 Å². The second kappa shape index (κ2) is 9.08. The third-order valence-electron chi connectivity index (χ3n) is 5.03. The number of hydrogen-bond donors (Lipinski definition) is 1. The van der Waals surface area contributed by atoms with E-state index < -0.39 is 11.8 Å². The van der Waals surface area contributed by atoms with E-state index >= 15 is 0 Å². The molecule has 0 unspecified atom stereocenters. The average molecular weight is 422 g/mol. The summed E-state index contributed by atoms with van der Waals surface area (Å²) in [7, 11) is 1.42. The molecule has 0 amide bonds. The van der Waals surface area contributed by atoms with E-state index in [0.717, 1.165) is 18.4 Å². The SMILES string of the molecule is COc1ccc(-c2cccc(Oc3cc(CC(=O)O)cc(OCC4CC4)c3)c2)cc1F. The summed E-state index contributed by atoms with van der Waals surface area (Å²) in [4.78, 5) is 11.2. The van der Waals surface area contributed by atoms with Crippen molar-refractivity contribution in [2.45, 2.75) is 19.3 Å². The second-order valence-electron chi connectivity index (χ2n) is 7.62. The molecule has 0 spiro atoms. The summed E-state index contributed by atoms with van der Waals surface area (Å²) >= 11 is 0. The van der Waals surface area contributed by atoms with E-state index in [1.807, 2.05) is 12.1 Å². The number of carboxylic acids is 1. The summed E-state index contributed by atoms with van der Waals surface area (Å²) in [6.07, 6.45) is 2.20. The lowest BCUT2D eigenvalue weighted by Gasteiger charge is -2.12. The Kier molecular flexibility index (Phi) is 6.07. The maximum atomic E-state index is 14.1. The third-order valence-corrected chi connectivity index (χ3v) is 5.03. The Balaban J connectivity index is 1.57. The van der Waals surface area contributed by atoms with Crippen LogP contribution in [0.1, 0.15) is 18.4 Å². The van der Waals surface area contributed by atoms with Gasteiger partial charge in [-0.3, -0.25) is 4.79 Å². The Morgan fingerprint density at radius 2 is 1.77 bits per heavy atom. The Morgan fingerprint density at radius 1 is 1.00 bits per heavy atom. The number of hydrogen-bond acceptors (Lipinski definition) is 4. The zero-order valence-corrected chi connectivity index (χ0v) is 17.1. The highest BCUT2D eigenvalue weighted by atomic mass is 19.1. The maximum absolute atomic E-state index is 14.1. The predicted molar refractivity (Wildman–Crippen MR) is 114 cm³/mol. The van der Waals surface area contributed by atoms with Gasteiger partial charge in [-0.05, 0) is 71.8 Å². The minimum atomic E-state index is -0.922. The Hall–Kier alpha value is -3.54. The molecule has 1 aliphatic carbocycles. The van der Waals surface area contributed by atoms with E-state index in [1.54, 1.807) is 42.5 Å². The number of ether oxygens (including phenoxy) is 3. The topological polar surface area (TPSA) is 65.0 Å². The molecule has 3 aromatic rings. The molecule has 0 bridgehead atoms. The van der Waals surface area contributed by atoms with Gasteiger partial charge in [-0.2, -0.15) is 0 Å². The van der Waals surface area contributed by atoms with Crippen molar-refractivity contribution in [3.05, 3.63) is 72.0 Å². The van der Waals surface area contributed by atoms with Crippen molar-refractivity contribution in [3.8, 4) is 34.1 Å². The first kappa shape index (κ1) is 20.7. The van der Waals surface area contributed by atoms with Gasteiger partial charge >= 0.3 is 5.97 Å². The molecule has 1 aliphatic rings. The van der Waals surface area contributed by atoms with Crippen LogP contribution in [0.5, 0.6) is 23.0 Å². The van der Waals surface area contributed by atoms with Gasteiger partial charge in [-0.1, -0.05) is 18.2 Å². The van der Waals surface area contributed by atoms with E-state index in [2.05, 4.69) is 0 Å². The quantitative estimate of drug-likeness (QED) is 0.479. The molecule has 0 radical (unpaired) electrons. The molecule has 160 valence electrons. The summed E-state index contributed by atoms with van der Waals surface area (Å²) in [5.41, 5.74) is 2.08. The highest BCUT2D eigenvalue weighted by Gasteiger charge is 2.22. The first-order valence-corrected chi connectivity index (χ1v) is 10.1. The van der Waals surface area contributed by atoms with Crippen LogP contribution in [0.4, 0.5) is 4.39 Å². The average Bonchev–Trinajstić information content (AvgIpc) is 3.56. The van der Waals surface area contributed by atoms with E-state index in [4.69, 9.17) is 19.3 Å². The van der Waals surface area contributed by atoms with Crippen LogP contribution >= 0.6 is 0 Å². The van der Waals surface area contributed by atoms with Crippen LogP contribution in [0.2, 0.25) is 0 Å². The Morgan fingerprint density at radius 3 is 2.48 bits per heavy atom. The number of methoxy groups -OCH3 is 1. The lowest BCUT2D eigenvalue weighted by atomic mass is 10.1. The molecule has 0 heterocycles. The molecular formula is C25H23FO5. The highest BCUT2D eigenvalue weighted by Crippen LogP contribution is 2.33. The summed E-state index contributed by atoms with van der Waals surface area (Å²) in [5, 5.41) is 9.17. The van der Waals surface area contributed by atoms with Crippen LogP contribution in [0.25, 0.3) is 11.1 Å². The Labute approximate surface area is 180 Å². The summed E-state index contributed by atoms with van der Waals surface area (Å²) in [6, 6.07) is 17.2. The van der Waals surface area contributed by atoms with E-state index in [0.29, 0.717) is 40.9 Å². The van der Waals surface area contributed by atoms with Crippen LogP contribution in [0.15, 0.2) is 60.7 Å². The zero-order valence-electron chi connectivity index (χ0n) is 17.1. The number of halogens is 1. The van der Waals surface area contributed by atoms with Crippen molar-refractivity contribution >= 4 is 5.97 Å². The number of aliphatic carboxylic acids is 1. The van der Waals surface area contributed by atoms with Gasteiger partial charge in [-0.25, -0.2) is 4.39 Å². The van der Waals surface area contributed by atoms with E-state index in [1.165, 1.54) is 13.2 Å². The van der Waals surface area contributed by atoms with Gasteiger partial charge in [0.1, 0.15) is 17.2 Å². The van der Waals surface area contributed by atoms with Crippen molar-refractivity contribution in [1.82, 2.24) is 0 Å². The predicted octanol–water partition coefficient (Wildman–Crippen LogP) is 5.71. The van der Waals surface area contributed by atoms with Gasteiger partial charge in [0, 0.05) is 6.07 Å². The summed E-state index contributed by atoms with van der Waals surface area (Å²) < 4.78 is 30.9. The van der Waals surface area contributed by atoms with E-state index in [-0.39, 0.29) is 12.2 Å². The normalized spacial score (nSPS) is 13.0. The van der Waals surface area contributed by atoms with Crippen molar-refractivity contribution < 1.29 is 28.5 Å². The number of benzene rings is 3. The standard InChI is InChI=1S/C25H23FO5/c1-29-24-8-7-19(13-23(24)26)18-3-2-4-20(12-18)31-22-10-17(11-25(27)28)9-21(14-22)30-15-16-5-6-16/h2-4,7-10,12-14,16H,5-6,11,15H2,1H3,(H,27,28). The van der Waals surface area contributed by atoms with Crippen molar-refractivity contribution in [3.63, 3.8) is 0 Å². The fraction of sp³-hybridized carbons (Fsp3) is 0.240. The highest BCUT2D eigenvalue weighted by molar-refractivity contribution is 5.71. The molecule has 1 saturated carbocycles. The van der Waals surface area contributed by atoms with Gasteiger partial charge in [-0.15, -0.1) is 0 Å². The smallest absolute Gasteiger partial charge is 0.307 e. The molecule has 1 N–H and O–H groups in total. The maximum Gasteiger partial charge on any atom is 0.307 e. The largest absolute Gasteiger partial charge is 0.494 e. The molecule has 0 aliphatic heterocycles. The number of rotatable bonds is 9. The van der Waals surface area contributed by atoms with Gasteiger partial charge in [0.15, 0.2) is 11.6 Å². The third kappa shape index (κ3) is 5.54. The minimum Gasteiger partial charge on any atom is -0.494 e. The fourth-order valence-corrected chi connectivity index (χ4v) is 3.27. The molecule has 1 fully saturated rings. The fourth-order valence-electron chi connectivity index (χ4n) is 3.27. The van der Waals surface area contributed by atoms with Gasteiger partial charge in [0.05, 0.1) is 20.1 Å². The van der Waals surface area contributed by atoms with Crippen molar-refractivity contribution in [2.24, 2.45) is 5.92 Å². The number of carbonyl (C=O) groups is 1. The van der Waals surface area contributed by atoms with Crippen LogP contribution in [-0.2, 0) is 11.2 Å². The number of carboxylic acid groups (broad SMARTS) is 1. The lowest BCUT2D eigenvalue weighted by Crippen LogP contribution is -2.03. The minimum absolute atomic E-state index is 0.123. The first-order valence-electron chi connectivity index (χ1n) is 10.1. The van der Waals surface area contributed by atoms with Crippen LogP contribution in [0, 0.1) is 11.7 Å². The molecule has 0 saturated heterocycles. The van der Waals surface area contributed by atoms with Crippen LogP contribution < -0.4 is 14.2 Å². The summed E-state index contributed by atoms with van der Waals surface area (Å²) in [5.74, 6) is 1.03. The molecule has 0 aromatic heterocycles. The van der Waals surface area contributed by atoms with Gasteiger partial charge in [0.25, 0.3) is 0 Å². The second-order valence-corrected chi connectivity index (χ2v) is 7.62. The zero-order chi connectivity index (χ0) is 21.8. The molecule has 4 rings (SSSR count). The Bertz CT molecular complexity index is 1090. The lowest BCUT2D eigenvalue weighted by molar-refractivity contribution is -0.136.